The number of nitrogens with zero attached hydrogens (tertiary/aromatic N) is 1. The van der Waals surface area contributed by atoms with Crippen LogP contribution in [0.2, 0.25) is 0 Å². The number of hydrogen-bond donors (Lipinski definition) is 2. The summed E-state index contributed by atoms with van der Waals surface area (Å²) in [5.41, 5.74) is 7.00. The monoisotopic (exact) mass is 261 g/mol. The molecule has 1 aliphatic heterocycles. The Balaban J connectivity index is 2.02. The van der Waals surface area contributed by atoms with E-state index < -0.39 is 0 Å². The molecular weight excluding hydrogens is 242 g/mol. The number of rotatable bonds is 4. The quantitative estimate of drug-likeness (QED) is 0.852. The van der Waals surface area contributed by atoms with Crippen LogP contribution in [0.15, 0.2) is 24.3 Å². The number of nitrogens with one attached hydrogen (secondary N) is 1. The second kappa shape index (κ2) is 6.33. The van der Waals surface area contributed by atoms with Gasteiger partial charge in [-0.1, -0.05) is 12.1 Å². The third kappa shape index (κ3) is 3.79. The number of anilines is 1. The smallest absolute Gasteiger partial charge is 0.238 e. The molecule has 1 aromatic rings. The van der Waals surface area contributed by atoms with Crippen molar-refractivity contribution in [3.63, 3.8) is 0 Å². The van der Waals surface area contributed by atoms with Crippen LogP contribution in [-0.4, -0.2) is 29.8 Å². The van der Waals surface area contributed by atoms with Gasteiger partial charge in [0, 0.05) is 25.2 Å². The Labute approximate surface area is 112 Å². The molecule has 0 radical (unpaired) electrons. The van der Waals surface area contributed by atoms with Gasteiger partial charge in [-0.05, 0) is 30.5 Å². The molecule has 1 fully saturated rings. The van der Waals surface area contributed by atoms with Crippen molar-refractivity contribution in [2.45, 2.75) is 25.8 Å². The highest BCUT2D eigenvalue weighted by molar-refractivity contribution is 5.92. The van der Waals surface area contributed by atoms with E-state index in [2.05, 4.69) is 5.32 Å². The molecule has 0 spiro atoms. The molecule has 102 valence electrons. The average Bonchev–Trinajstić information content (AvgIpc) is 2.42. The van der Waals surface area contributed by atoms with Crippen LogP contribution < -0.4 is 11.1 Å². The molecule has 19 heavy (non-hydrogen) atoms. The number of piperidine rings is 1. The van der Waals surface area contributed by atoms with E-state index in [9.17, 15) is 9.59 Å². The summed E-state index contributed by atoms with van der Waals surface area (Å²) in [7, 11) is 0. The van der Waals surface area contributed by atoms with Gasteiger partial charge in [0.25, 0.3) is 0 Å². The van der Waals surface area contributed by atoms with Crippen LogP contribution in [0.4, 0.5) is 5.69 Å². The summed E-state index contributed by atoms with van der Waals surface area (Å²) >= 11 is 0. The molecule has 3 N–H and O–H groups in total. The van der Waals surface area contributed by atoms with Crippen LogP contribution in [0.3, 0.4) is 0 Å². The Morgan fingerprint density at radius 2 is 2.21 bits per heavy atom. The van der Waals surface area contributed by atoms with Crippen LogP contribution in [0.25, 0.3) is 0 Å². The minimum absolute atomic E-state index is 0.0329. The maximum atomic E-state index is 11.7. The van der Waals surface area contributed by atoms with Crippen LogP contribution >= 0.6 is 0 Å². The van der Waals surface area contributed by atoms with E-state index in [0.29, 0.717) is 13.0 Å². The molecule has 0 saturated carbocycles. The summed E-state index contributed by atoms with van der Waals surface area (Å²) in [4.78, 5) is 24.8. The summed E-state index contributed by atoms with van der Waals surface area (Å²) in [5, 5.41) is 2.71. The molecule has 0 atom stereocenters. The van der Waals surface area contributed by atoms with Crippen molar-refractivity contribution in [2.24, 2.45) is 5.73 Å². The average molecular weight is 261 g/mol. The number of benzene rings is 1. The topological polar surface area (TPSA) is 75.4 Å². The lowest BCUT2D eigenvalue weighted by Crippen LogP contribution is -2.34. The maximum Gasteiger partial charge on any atom is 0.238 e. The molecule has 0 bridgehead atoms. The number of hydrogen-bond acceptors (Lipinski definition) is 3. The van der Waals surface area contributed by atoms with Crippen molar-refractivity contribution in [1.29, 1.82) is 0 Å². The first-order chi connectivity index (χ1) is 9.19. The minimum atomic E-state index is -0.216. The Bertz CT molecular complexity index is 474. The van der Waals surface area contributed by atoms with Gasteiger partial charge in [-0.3, -0.25) is 9.59 Å². The first-order valence-corrected chi connectivity index (χ1v) is 6.55. The predicted molar refractivity (Wildman–Crippen MR) is 73.4 cm³/mol. The van der Waals surface area contributed by atoms with Crippen LogP contribution in [0.1, 0.15) is 24.8 Å². The van der Waals surface area contributed by atoms with Crippen molar-refractivity contribution >= 4 is 17.5 Å². The highest BCUT2D eigenvalue weighted by atomic mass is 16.2. The van der Waals surface area contributed by atoms with Gasteiger partial charge < -0.3 is 16.0 Å². The molecule has 1 saturated heterocycles. The van der Waals surface area contributed by atoms with Gasteiger partial charge in [-0.25, -0.2) is 0 Å². The molecule has 1 aliphatic rings. The zero-order valence-electron chi connectivity index (χ0n) is 10.9. The Morgan fingerprint density at radius 1 is 1.37 bits per heavy atom. The largest absolute Gasteiger partial charge is 0.338 e. The first kappa shape index (κ1) is 13.5. The molecule has 1 aromatic carbocycles. The van der Waals surface area contributed by atoms with Crippen molar-refractivity contribution in [3.8, 4) is 0 Å². The van der Waals surface area contributed by atoms with Crippen molar-refractivity contribution in [2.75, 3.05) is 18.4 Å². The van der Waals surface area contributed by atoms with Gasteiger partial charge in [-0.15, -0.1) is 0 Å². The van der Waals surface area contributed by atoms with Crippen molar-refractivity contribution in [3.05, 3.63) is 29.8 Å². The second-order valence-electron chi connectivity index (χ2n) is 4.73. The van der Waals surface area contributed by atoms with Crippen molar-refractivity contribution in [1.82, 2.24) is 4.90 Å². The fourth-order valence-corrected chi connectivity index (χ4v) is 2.21. The Kier molecular flexibility index (Phi) is 4.52. The number of likely N-dealkylation sites (tertiary alicyclic amines) is 1. The molecule has 5 nitrogen and oxygen atoms in total. The van der Waals surface area contributed by atoms with E-state index >= 15 is 0 Å². The molecule has 2 amide bonds. The Hall–Kier alpha value is -1.88. The summed E-state index contributed by atoms with van der Waals surface area (Å²) < 4.78 is 0. The molecule has 1 heterocycles. The van der Waals surface area contributed by atoms with E-state index in [0.717, 1.165) is 30.6 Å². The number of amides is 2. The van der Waals surface area contributed by atoms with Crippen LogP contribution in [0, 0.1) is 0 Å². The van der Waals surface area contributed by atoms with Gasteiger partial charge in [0.05, 0.1) is 6.54 Å². The summed E-state index contributed by atoms with van der Waals surface area (Å²) in [6.45, 7) is 1.39. The lowest BCUT2D eigenvalue weighted by atomic mass is 10.1. The highest BCUT2D eigenvalue weighted by Gasteiger charge is 2.17. The molecule has 5 heteroatoms. The van der Waals surface area contributed by atoms with Crippen LogP contribution in [0.5, 0.6) is 0 Å². The zero-order chi connectivity index (χ0) is 13.7. The maximum absolute atomic E-state index is 11.7. The first-order valence-electron chi connectivity index (χ1n) is 6.55. The third-order valence-electron chi connectivity index (χ3n) is 3.19. The molecular formula is C14H19N3O2. The van der Waals surface area contributed by atoms with Crippen molar-refractivity contribution < 1.29 is 9.59 Å². The van der Waals surface area contributed by atoms with Crippen LogP contribution in [-0.2, 0) is 16.1 Å². The molecule has 0 unspecified atom stereocenters. The van der Waals surface area contributed by atoms with Gasteiger partial charge in [0.15, 0.2) is 0 Å². The predicted octanol–water partition coefficient (Wildman–Crippen LogP) is 1.10. The highest BCUT2D eigenvalue weighted by Crippen LogP contribution is 2.17. The second-order valence-corrected chi connectivity index (χ2v) is 4.73. The lowest BCUT2D eigenvalue weighted by molar-refractivity contribution is -0.133. The van der Waals surface area contributed by atoms with E-state index in [1.807, 2.05) is 29.2 Å². The van der Waals surface area contributed by atoms with Gasteiger partial charge >= 0.3 is 0 Å². The number of carbonyl (C=O) groups is 2. The Morgan fingerprint density at radius 3 is 2.95 bits per heavy atom. The summed E-state index contributed by atoms with van der Waals surface area (Å²) in [6, 6.07) is 7.53. The fraction of sp³-hybridized carbons (Fsp3) is 0.429. The van der Waals surface area contributed by atoms with E-state index in [4.69, 9.17) is 5.73 Å². The standard InChI is InChI=1S/C14H19N3O2/c15-9-13(18)16-12-5-3-4-11(8-12)10-17-7-2-1-6-14(17)19/h3-5,8H,1-2,6-7,9-10,15H2,(H,16,18). The van der Waals surface area contributed by atoms with Gasteiger partial charge in [-0.2, -0.15) is 0 Å². The van der Waals surface area contributed by atoms with E-state index in [1.165, 1.54) is 0 Å². The summed E-state index contributed by atoms with van der Waals surface area (Å²) in [5.74, 6) is -0.00570. The minimum Gasteiger partial charge on any atom is -0.338 e. The van der Waals surface area contributed by atoms with E-state index in [-0.39, 0.29) is 18.4 Å². The molecule has 0 aromatic heterocycles. The summed E-state index contributed by atoms with van der Waals surface area (Å²) in [6.07, 6.45) is 2.70. The third-order valence-corrected chi connectivity index (χ3v) is 3.19. The zero-order valence-corrected chi connectivity index (χ0v) is 10.9. The van der Waals surface area contributed by atoms with Gasteiger partial charge in [0.2, 0.25) is 11.8 Å². The van der Waals surface area contributed by atoms with Gasteiger partial charge in [0.1, 0.15) is 0 Å². The molecule has 0 aliphatic carbocycles. The SMILES string of the molecule is NCC(=O)Nc1cccc(CN2CCCCC2=O)c1. The molecule has 2 rings (SSSR count). The lowest BCUT2D eigenvalue weighted by Gasteiger charge is -2.26. The normalized spacial score (nSPS) is 15.4. The fourth-order valence-electron chi connectivity index (χ4n) is 2.21. The number of carbonyl (C=O) groups excluding carboxylic acids is 2. The number of nitrogens with two attached hydrogens (primary N) is 1. The van der Waals surface area contributed by atoms with E-state index in [1.54, 1.807) is 0 Å².